The Morgan fingerprint density at radius 2 is 2.15 bits per heavy atom. The SMILES string of the molecule is COc1ncnc(C2(N)CC2)c1C. The lowest BCUT2D eigenvalue weighted by Crippen LogP contribution is -2.22. The molecule has 0 saturated heterocycles. The van der Waals surface area contributed by atoms with Gasteiger partial charge < -0.3 is 10.5 Å². The Morgan fingerprint density at radius 3 is 2.69 bits per heavy atom. The van der Waals surface area contributed by atoms with Crippen molar-refractivity contribution in [2.75, 3.05) is 7.11 Å². The van der Waals surface area contributed by atoms with Gasteiger partial charge in [-0.15, -0.1) is 0 Å². The minimum absolute atomic E-state index is 0.208. The first-order chi connectivity index (χ1) is 6.17. The number of methoxy groups -OCH3 is 1. The van der Waals surface area contributed by atoms with Crippen LogP contribution in [-0.2, 0) is 5.54 Å². The molecule has 0 aromatic carbocycles. The predicted octanol–water partition coefficient (Wildman–Crippen LogP) is 0.741. The number of nitrogens with zero attached hydrogens (tertiary/aromatic N) is 2. The minimum Gasteiger partial charge on any atom is -0.481 e. The maximum Gasteiger partial charge on any atom is 0.219 e. The summed E-state index contributed by atoms with van der Waals surface area (Å²) in [5.74, 6) is 0.627. The highest BCUT2D eigenvalue weighted by atomic mass is 16.5. The summed E-state index contributed by atoms with van der Waals surface area (Å²) in [5, 5.41) is 0. The highest BCUT2D eigenvalue weighted by Gasteiger charge is 2.43. The van der Waals surface area contributed by atoms with Crippen LogP contribution in [0.25, 0.3) is 0 Å². The van der Waals surface area contributed by atoms with E-state index in [1.807, 2.05) is 6.92 Å². The first kappa shape index (κ1) is 8.44. The molecule has 0 bridgehead atoms. The lowest BCUT2D eigenvalue weighted by atomic mass is 10.1. The van der Waals surface area contributed by atoms with E-state index in [0.717, 1.165) is 24.1 Å². The zero-order chi connectivity index (χ0) is 9.47. The average Bonchev–Trinajstić information content (AvgIpc) is 2.85. The molecule has 13 heavy (non-hydrogen) atoms. The maximum absolute atomic E-state index is 6.05. The summed E-state index contributed by atoms with van der Waals surface area (Å²) in [4.78, 5) is 8.21. The van der Waals surface area contributed by atoms with Crippen molar-refractivity contribution in [3.8, 4) is 5.88 Å². The molecule has 1 aromatic rings. The van der Waals surface area contributed by atoms with Crippen molar-refractivity contribution in [3.05, 3.63) is 17.6 Å². The van der Waals surface area contributed by atoms with Crippen molar-refractivity contribution in [2.45, 2.75) is 25.3 Å². The van der Waals surface area contributed by atoms with Gasteiger partial charge in [-0.25, -0.2) is 9.97 Å². The summed E-state index contributed by atoms with van der Waals surface area (Å²) < 4.78 is 5.10. The molecule has 0 aliphatic heterocycles. The second-order valence-electron chi connectivity index (χ2n) is 3.51. The molecule has 1 saturated carbocycles. The molecular weight excluding hydrogens is 166 g/mol. The summed E-state index contributed by atoms with van der Waals surface area (Å²) in [7, 11) is 1.61. The molecule has 0 radical (unpaired) electrons. The van der Waals surface area contributed by atoms with E-state index in [1.165, 1.54) is 6.33 Å². The van der Waals surface area contributed by atoms with Crippen molar-refractivity contribution >= 4 is 0 Å². The van der Waals surface area contributed by atoms with Gasteiger partial charge in [-0.3, -0.25) is 0 Å². The summed E-state index contributed by atoms with van der Waals surface area (Å²) >= 11 is 0. The Balaban J connectivity index is 2.46. The van der Waals surface area contributed by atoms with Crippen molar-refractivity contribution in [1.82, 2.24) is 9.97 Å². The van der Waals surface area contributed by atoms with Gasteiger partial charge in [0.2, 0.25) is 5.88 Å². The first-order valence-corrected chi connectivity index (χ1v) is 4.32. The molecule has 2 rings (SSSR count). The number of ether oxygens (including phenoxy) is 1. The maximum atomic E-state index is 6.05. The topological polar surface area (TPSA) is 61.0 Å². The molecule has 1 aromatic heterocycles. The molecule has 70 valence electrons. The number of rotatable bonds is 2. The number of hydrogen-bond donors (Lipinski definition) is 1. The normalized spacial score (nSPS) is 18.4. The fourth-order valence-electron chi connectivity index (χ4n) is 1.51. The van der Waals surface area contributed by atoms with Gasteiger partial charge in [0, 0.05) is 5.56 Å². The van der Waals surface area contributed by atoms with E-state index < -0.39 is 0 Å². The van der Waals surface area contributed by atoms with Crippen LogP contribution in [-0.4, -0.2) is 17.1 Å². The van der Waals surface area contributed by atoms with Crippen LogP contribution < -0.4 is 10.5 Å². The standard InChI is InChI=1S/C9H13N3O/c1-6-7(9(10)3-4-9)11-5-12-8(6)13-2/h5H,3-4,10H2,1-2H3. The van der Waals surface area contributed by atoms with E-state index in [0.29, 0.717) is 5.88 Å². The van der Waals surface area contributed by atoms with E-state index in [2.05, 4.69) is 9.97 Å². The molecule has 0 amide bonds. The molecule has 1 heterocycles. The summed E-state index contributed by atoms with van der Waals surface area (Å²) in [6.45, 7) is 1.95. The van der Waals surface area contributed by atoms with Gasteiger partial charge in [0.15, 0.2) is 0 Å². The average molecular weight is 179 g/mol. The fourth-order valence-corrected chi connectivity index (χ4v) is 1.51. The third-order valence-corrected chi connectivity index (χ3v) is 2.49. The summed E-state index contributed by atoms with van der Waals surface area (Å²) in [5.41, 5.74) is 7.73. The fraction of sp³-hybridized carbons (Fsp3) is 0.556. The quantitative estimate of drug-likeness (QED) is 0.727. The molecule has 0 spiro atoms. The molecule has 4 nitrogen and oxygen atoms in total. The van der Waals surface area contributed by atoms with Crippen molar-refractivity contribution in [1.29, 1.82) is 0 Å². The molecule has 1 aliphatic carbocycles. The van der Waals surface area contributed by atoms with E-state index in [-0.39, 0.29) is 5.54 Å². The van der Waals surface area contributed by atoms with Crippen LogP contribution in [0, 0.1) is 6.92 Å². The highest BCUT2D eigenvalue weighted by Crippen LogP contribution is 2.43. The molecule has 0 unspecified atom stereocenters. The Kier molecular flexibility index (Phi) is 1.73. The Hall–Kier alpha value is -1.16. The molecule has 1 fully saturated rings. The van der Waals surface area contributed by atoms with E-state index in [1.54, 1.807) is 7.11 Å². The number of aromatic nitrogens is 2. The van der Waals surface area contributed by atoms with Crippen molar-refractivity contribution in [3.63, 3.8) is 0 Å². The van der Waals surface area contributed by atoms with Gasteiger partial charge in [0.1, 0.15) is 6.33 Å². The zero-order valence-electron chi connectivity index (χ0n) is 7.87. The van der Waals surface area contributed by atoms with E-state index in [9.17, 15) is 0 Å². The molecule has 4 heteroatoms. The Morgan fingerprint density at radius 1 is 1.46 bits per heavy atom. The molecule has 2 N–H and O–H groups in total. The lowest BCUT2D eigenvalue weighted by Gasteiger charge is -2.12. The molecular formula is C9H13N3O. The van der Waals surface area contributed by atoms with Crippen LogP contribution in [0.2, 0.25) is 0 Å². The third-order valence-electron chi connectivity index (χ3n) is 2.49. The zero-order valence-corrected chi connectivity index (χ0v) is 7.87. The van der Waals surface area contributed by atoms with Crippen molar-refractivity contribution < 1.29 is 4.74 Å². The predicted molar refractivity (Wildman–Crippen MR) is 48.4 cm³/mol. The Bertz CT molecular complexity index is 334. The lowest BCUT2D eigenvalue weighted by molar-refractivity contribution is 0.391. The van der Waals surface area contributed by atoms with Crippen LogP contribution in [0.5, 0.6) is 5.88 Å². The summed E-state index contributed by atoms with van der Waals surface area (Å²) in [6.07, 6.45) is 3.52. The van der Waals surface area contributed by atoms with Gasteiger partial charge in [0.05, 0.1) is 18.3 Å². The minimum atomic E-state index is -0.208. The number of nitrogens with two attached hydrogens (primary N) is 1. The largest absolute Gasteiger partial charge is 0.481 e. The van der Waals surface area contributed by atoms with Crippen LogP contribution in [0.1, 0.15) is 24.1 Å². The Labute approximate surface area is 77.1 Å². The molecule has 1 aliphatic rings. The van der Waals surface area contributed by atoms with Crippen molar-refractivity contribution in [2.24, 2.45) is 5.73 Å². The highest BCUT2D eigenvalue weighted by molar-refractivity contribution is 5.35. The van der Waals surface area contributed by atoms with Crippen LogP contribution in [0.15, 0.2) is 6.33 Å². The first-order valence-electron chi connectivity index (χ1n) is 4.32. The third kappa shape index (κ3) is 1.27. The smallest absolute Gasteiger partial charge is 0.219 e. The van der Waals surface area contributed by atoms with Gasteiger partial charge in [0.25, 0.3) is 0 Å². The second kappa shape index (κ2) is 2.67. The van der Waals surface area contributed by atoms with Gasteiger partial charge in [-0.05, 0) is 19.8 Å². The van der Waals surface area contributed by atoms with Crippen LogP contribution in [0.3, 0.4) is 0 Å². The van der Waals surface area contributed by atoms with Gasteiger partial charge >= 0.3 is 0 Å². The monoisotopic (exact) mass is 179 g/mol. The van der Waals surface area contributed by atoms with E-state index >= 15 is 0 Å². The molecule has 0 atom stereocenters. The van der Waals surface area contributed by atoms with Gasteiger partial charge in [-0.2, -0.15) is 0 Å². The number of hydrogen-bond acceptors (Lipinski definition) is 4. The van der Waals surface area contributed by atoms with Crippen LogP contribution >= 0.6 is 0 Å². The second-order valence-corrected chi connectivity index (χ2v) is 3.51. The van der Waals surface area contributed by atoms with E-state index in [4.69, 9.17) is 10.5 Å². The summed E-state index contributed by atoms with van der Waals surface area (Å²) in [6, 6.07) is 0. The van der Waals surface area contributed by atoms with Crippen LogP contribution in [0.4, 0.5) is 0 Å². The van der Waals surface area contributed by atoms with Gasteiger partial charge in [-0.1, -0.05) is 0 Å².